The molecule has 0 saturated carbocycles. The smallest absolute Gasteiger partial charge is 0.410 e. The topological polar surface area (TPSA) is 87.7 Å². The molecule has 0 aliphatic carbocycles. The molecule has 1 aromatic carbocycles. The molecule has 1 unspecified atom stereocenters. The number of nitrogens with one attached hydrogen (secondary N) is 2. The fourth-order valence-electron chi connectivity index (χ4n) is 3.59. The third-order valence-corrected chi connectivity index (χ3v) is 5.07. The minimum absolute atomic E-state index is 0.197. The number of carbonyl (C=O) groups is 3. The van der Waals surface area contributed by atoms with Gasteiger partial charge in [-0.05, 0) is 57.7 Å². The number of nitrogens with zero attached hydrogens (tertiary/aromatic N) is 1. The Balaban J connectivity index is 1.50. The van der Waals surface area contributed by atoms with Crippen molar-refractivity contribution in [3.8, 4) is 0 Å². The minimum atomic E-state index is -0.476. The molecule has 2 N–H and O–H groups in total. The zero-order valence-electron chi connectivity index (χ0n) is 16.8. The first-order chi connectivity index (χ1) is 13.2. The molecule has 2 fully saturated rings. The number of hydrogen-bond acceptors (Lipinski definition) is 5. The third-order valence-electron chi connectivity index (χ3n) is 5.07. The lowest BCUT2D eigenvalue weighted by Gasteiger charge is -2.34. The Morgan fingerprint density at radius 1 is 1.11 bits per heavy atom. The molecule has 0 radical (unpaired) electrons. The van der Waals surface area contributed by atoms with Crippen LogP contribution in [0, 0.1) is 0 Å². The molecule has 2 aliphatic rings. The summed E-state index contributed by atoms with van der Waals surface area (Å²) in [5.41, 5.74) is 1.44. The predicted octanol–water partition coefficient (Wildman–Crippen LogP) is 3.02. The number of anilines is 1. The molecule has 3 amide bonds. The number of carbonyl (C=O) groups excluding carboxylic acids is 3. The van der Waals surface area contributed by atoms with E-state index in [4.69, 9.17) is 4.74 Å². The second-order valence-corrected chi connectivity index (χ2v) is 8.51. The first-order valence-electron chi connectivity index (χ1n) is 9.89. The fraction of sp³-hybridized carbons (Fsp3) is 0.571. The maximum absolute atomic E-state index is 12.1. The van der Waals surface area contributed by atoms with Gasteiger partial charge in [-0.15, -0.1) is 0 Å². The zero-order valence-corrected chi connectivity index (χ0v) is 16.8. The van der Waals surface area contributed by atoms with E-state index >= 15 is 0 Å². The number of amides is 3. The standard InChI is InChI=1S/C21H29N3O4/c1-21(2,3)28-20(27)24-12-10-16(11-13-24)22-15-6-4-14(5-7-15)17-8-9-18(25)23-19(17)26/h4-7,16-17,22H,8-13H2,1-3H3,(H,23,25,26). The summed E-state index contributed by atoms with van der Waals surface area (Å²) in [6.45, 7) is 6.95. The Hall–Kier alpha value is -2.57. The second-order valence-electron chi connectivity index (χ2n) is 8.51. The van der Waals surface area contributed by atoms with Gasteiger partial charge in [-0.3, -0.25) is 14.9 Å². The monoisotopic (exact) mass is 387 g/mol. The van der Waals surface area contributed by atoms with Crippen LogP contribution < -0.4 is 10.6 Å². The average Bonchev–Trinajstić information content (AvgIpc) is 2.62. The van der Waals surface area contributed by atoms with E-state index < -0.39 is 5.60 Å². The van der Waals surface area contributed by atoms with Crippen molar-refractivity contribution >= 4 is 23.6 Å². The summed E-state index contributed by atoms with van der Waals surface area (Å²) < 4.78 is 5.43. The molecule has 0 bridgehead atoms. The van der Waals surface area contributed by atoms with Gasteiger partial charge in [-0.1, -0.05) is 12.1 Å². The van der Waals surface area contributed by atoms with Crippen molar-refractivity contribution in [1.82, 2.24) is 10.2 Å². The van der Waals surface area contributed by atoms with Crippen molar-refractivity contribution in [1.29, 1.82) is 0 Å². The molecule has 7 heteroatoms. The Morgan fingerprint density at radius 3 is 2.32 bits per heavy atom. The van der Waals surface area contributed by atoms with Gasteiger partial charge in [-0.25, -0.2) is 4.79 Å². The molecule has 1 aromatic rings. The number of hydrogen-bond donors (Lipinski definition) is 2. The summed E-state index contributed by atoms with van der Waals surface area (Å²) >= 11 is 0. The van der Waals surface area contributed by atoms with Crippen molar-refractivity contribution in [2.45, 2.75) is 64.0 Å². The van der Waals surface area contributed by atoms with Crippen LogP contribution in [0.5, 0.6) is 0 Å². The van der Waals surface area contributed by atoms with Crippen LogP contribution in [0.25, 0.3) is 0 Å². The van der Waals surface area contributed by atoms with Crippen LogP contribution in [-0.4, -0.2) is 47.5 Å². The quantitative estimate of drug-likeness (QED) is 0.779. The lowest BCUT2D eigenvalue weighted by atomic mass is 9.90. The normalized spacial score (nSPS) is 21.2. The lowest BCUT2D eigenvalue weighted by Crippen LogP contribution is -2.44. The first kappa shape index (κ1) is 20.2. The average molecular weight is 387 g/mol. The van der Waals surface area contributed by atoms with Gasteiger partial charge in [0.2, 0.25) is 11.8 Å². The molecule has 28 heavy (non-hydrogen) atoms. The van der Waals surface area contributed by atoms with Gasteiger partial charge in [0.05, 0.1) is 5.92 Å². The van der Waals surface area contributed by atoms with E-state index in [2.05, 4.69) is 10.6 Å². The van der Waals surface area contributed by atoms with E-state index in [0.717, 1.165) is 24.1 Å². The van der Waals surface area contributed by atoms with E-state index in [1.54, 1.807) is 4.90 Å². The molecular weight excluding hydrogens is 358 g/mol. The highest BCUT2D eigenvalue weighted by Gasteiger charge is 2.28. The second kappa shape index (κ2) is 8.20. The van der Waals surface area contributed by atoms with Crippen LogP contribution in [0.1, 0.15) is 57.9 Å². The fourth-order valence-corrected chi connectivity index (χ4v) is 3.59. The largest absolute Gasteiger partial charge is 0.444 e. The maximum atomic E-state index is 12.1. The molecule has 3 rings (SSSR count). The number of benzene rings is 1. The van der Waals surface area contributed by atoms with Crippen molar-refractivity contribution in [3.05, 3.63) is 29.8 Å². The third kappa shape index (κ3) is 5.24. The van der Waals surface area contributed by atoms with Gasteiger partial charge in [-0.2, -0.15) is 0 Å². The maximum Gasteiger partial charge on any atom is 0.410 e. The summed E-state index contributed by atoms with van der Waals surface area (Å²) in [5.74, 6) is -0.674. The highest BCUT2D eigenvalue weighted by atomic mass is 16.6. The van der Waals surface area contributed by atoms with Crippen molar-refractivity contribution in [2.24, 2.45) is 0 Å². The van der Waals surface area contributed by atoms with Crippen LogP contribution in [0.4, 0.5) is 10.5 Å². The number of piperidine rings is 2. The molecule has 0 aromatic heterocycles. The molecular formula is C21H29N3O4. The first-order valence-corrected chi connectivity index (χ1v) is 9.89. The highest BCUT2D eigenvalue weighted by molar-refractivity contribution is 6.00. The van der Waals surface area contributed by atoms with Gasteiger partial charge in [0.25, 0.3) is 0 Å². The molecule has 152 valence electrons. The van der Waals surface area contributed by atoms with Gasteiger partial charge in [0.15, 0.2) is 0 Å². The van der Waals surface area contributed by atoms with Crippen LogP contribution in [0.2, 0.25) is 0 Å². The van der Waals surface area contributed by atoms with Crippen LogP contribution in [-0.2, 0) is 14.3 Å². The lowest BCUT2D eigenvalue weighted by molar-refractivity contribution is -0.134. The van der Waals surface area contributed by atoms with Crippen LogP contribution >= 0.6 is 0 Å². The molecule has 2 aliphatic heterocycles. The van der Waals surface area contributed by atoms with Crippen molar-refractivity contribution in [2.75, 3.05) is 18.4 Å². The number of likely N-dealkylation sites (tertiary alicyclic amines) is 1. The van der Waals surface area contributed by atoms with Crippen LogP contribution in [0.3, 0.4) is 0 Å². The Morgan fingerprint density at radius 2 is 1.75 bits per heavy atom. The minimum Gasteiger partial charge on any atom is -0.444 e. The van der Waals surface area contributed by atoms with Crippen molar-refractivity contribution < 1.29 is 19.1 Å². The molecule has 7 nitrogen and oxygen atoms in total. The van der Waals surface area contributed by atoms with Gasteiger partial charge in [0, 0.05) is 31.2 Å². The van der Waals surface area contributed by atoms with Gasteiger partial charge < -0.3 is 15.0 Å². The van der Waals surface area contributed by atoms with Gasteiger partial charge >= 0.3 is 6.09 Å². The summed E-state index contributed by atoms with van der Waals surface area (Å²) in [7, 11) is 0. The summed E-state index contributed by atoms with van der Waals surface area (Å²) in [6.07, 6.45) is 2.40. The number of imide groups is 1. The Labute approximate surface area is 165 Å². The molecule has 1 atom stereocenters. The van der Waals surface area contributed by atoms with E-state index in [9.17, 15) is 14.4 Å². The van der Waals surface area contributed by atoms with E-state index in [1.807, 2.05) is 45.0 Å². The Kier molecular flexibility index (Phi) is 5.91. The van der Waals surface area contributed by atoms with E-state index in [0.29, 0.717) is 32.0 Å². The molecule has 2 heterocycles. The van der Waals surface area contributed by atoms with E-state index in [-0.39, 0.29) is 23.8 Å². The van der Waals surface area contributed by atoms with E-state index in [1.165, 1.54) is 0 Å². The summed E-state index contributed by atoms with van der Waals surface area (Å²) in [6, 6.07) is 8.12. The summed E-state index contributed by atoms with van der Waals surface area (Å²) in [5, 5.41) is 5.90. The highest BCUT2D eigenvalue weighted by Crippen LogP contribution is 2.26. The summed E-state index contributed by atoms with van der Waals surface area (Å²) in [4.78, 5) is 37.2. The number of rotatable bonds is 3. The molecule has 0 spiro atoms. The Bertz CT molecular complexity index is 731. The van der Waals surface area contributed by atoms with Crippen molar-refractivity contribution in [3.63, 3.8) is 0 Å². The van der Waals surface area contributed by atoms with Gasteiger partial charge in [0.1, 0.15) is 5.60 Å². The van der Waals surface area contributed by atoms with Crippen LogP contribution in [0.15, 0.2) is 24.3 Å². The predicted molar refractivity (Wildman–Crippen MR) is 106 cm³/mol. The molecule has 2 saturated heterocycles. The SMILES string of the molecule is CC(C)(C)OC(=O)N1CCC(Nc2ccc(C3CCC(=O)NC3=O)cc2)CC1. The zero-order chi connectivity index (χ0) is 20.3. The number of ether oxygens (including phenoxy) is 1.